The first-order valence-corrected chi connectivity index (χ1v) is 9.16. The molecule has 1 aromatic heterocycles. The Balaban J connectivity index is 2.06. The maximum Gasteiger partial charge on any atom is 0.315 e. The van der Waals surface area contributed by atoms with Crippen molar-refractivity contribution in [2.75, 3.05) is 13.2 Å². The lowest BCUT2D eigenvalue weighted by Gasteiger charge is -2.26. The lowest BCUT2D eigenvalue weighted by molar-refractivity contribution is 0.201. The van der Waals surface area contributed by atoms with E-state index >= 15 is 0 Å². The molecule has 1 aliphatic heterocycles. The molecule has 1 aliphatic rings. The molecule has 8 heteroatoms. The minimum absolute atomic E-state index is 0.121. The normalized spacial score (nSPS) is 13.9. The Hall–Kier alpha value is -1.32. The average molecular weight is 461 g/mol. The molecular weight excluding hydrogens is 443 g/mol. The van der Waals surface area contributed by atoms with Gasteiger partial charge in [0, 0.05) is 46.5 Å². The SMILES string of the molecule is NC(=O)N1CCc2c(c(-c3ccc(Cl)c(I)c3)nn2CCCO)C1. The predicted molar refractivity (Wildman–Crippen MR) is 101 cm³/mol. The van der Waals surface area contributed by atoms with Gasteiger partial charge in [0.25, 0.3) is 0 Å². The maximum atomic E-state index is 11.6. The summed E-state index contributed by atoms with van der Waals surface area (Å²) in [5, 5.41) is 14.6. The second-order valence-electron chi connectivity index (χ2n) is 5.71. The number of rotatable bonds is 4. The predicted octanol–water partition coefficient (Wildman–Crippen LogP) is 2.63. The van der Waals surface area contributed by atoms with Crippen molar-refractivity contribution in [3.63, 3.8) is 0 Å². The highest BCUT2D eigenvalue weighted by atomic mass is 127. The number of fused-ring (bicyclic) bond motifs is 1. The molecule has 128 valence electrons. The Bertz CT molecular complexity index is 778. The van der Waals surface area contributed by atoms with Crippen molar-refractivity contribution in [2.24, 2.45) is 5.73 Å². The number of aryl methyl sites for hydroxylation is 1. The third-order valence-corrected chi connectivity index (χ3v) is 5.71. The molecule has 1 aromatic carbocycles. The van der Waals surface area contributed by atoms with Crippen LogP contribution in [0.1, 0.15) is 17.7 Å². The molecule has 0 unspecified atom stereocenters. The fraction of sp³-hybridized carbons (Fsp3) is 0.375. The zero-order chi connectivity index (χ0) is 17.3. The minimum Gasteiger partial charge on any atom is -0.396 e. The van der Waals surface area contributed by atoms with Gasteiger partial charge in [-0.05, 0) is 41.1 Å². The van der Waals surface area contributed by atoms with Gasteiger partial charge in [-0.25, -0.2) is 4.79 Å². The van der Waals surface area contributed by atoms with E-state index in [1.165, 1.54) is 0 Å². The molecule has 0 saturated carbocycles. The maximum absolute atomic E-state index is 11.6. The highest BCUT2D eigenvalue weighted by Gasteiger charge is 2.27. The van der Waals surface area contributed by atoms with Crippen LogP contribution in [0.3, 0.4) is 0 Å². The van der Waals surface area contributed by atoms with E-state index < -0.39 is 6.03 Å². The van der Waals surface area contributed by atoms with E-state index in [9.17, 15) is 4.79 Å². The Morgan fingerprint density at radius 3 is 2.92 bits per heavy atom. The van der Waals surface area contributed by atoms with Crippen molar-refractivity contribution in [2.45, 2.75) is 25.9 Å². The summed E-state index contributed by atoms with van der Waals surface area (Å²) in [5.41, 5.74) is 9.41. The van der Waals surface area contributed by atoms with Gasteiger partial charge in [-0.3, -0.25) is 4.68 Å². The summed E-state index contributed by atoms with van der Waals surface area (Å²) in [5.74, 6) is 0. The summed E-state index contributed by atoms with van der Waals surface area (Å²) < 4.78 is 2.90. The van der Waals surface area contributed by atoms with Gasteiger partial charge in [0.05, 0.1) is 17.3 Å². The summed E-state index contributed by atoms with van der Waals surface area (Å²) in [7, 11) is 0. The fourth-order valence-electron chi connectivity index (χ4n) is 2.96. The van der Waals surface area contributed by atoms with Crippen LogP contribution >= 0.6 is 34.2 Å². The molecule has 0 spiro atoms. The highest BCUT2D eigenvalue weighted by Crippen LogP contribution is 2.32. The van der Waals surface area contributed by atoms with Crippen LogP contribution in [0.15, 0.2) is 18.2 Å². The van der Waals surface area contributed by atoms with Gasteiger partial charge in [0.1, 0.15) is 0 Å². The lowest BCUT2D eigenvalue weighted by atomic mass is 10.0. The number of aliphatic hydroxyl groups excluding tert-OH is 1. The van der Waals surface area contributed by atoms with Gasteiger partial charge in [0.15, 0.2) is 0 Å². The topological polar surface area (TPSA) is 84.4 Å². The van der Waals surface area contributed by atoms with Crippen molar-refractivity contribution >= 4 is 40.2 Å². The summed E-state index contributed by atoms with van der Waals surface area (Å²) in [6.07, 6.45) is 1.35. The quantitative estimate of drug-likeness (QED) is 0.688. The highest BCUT2D eigenvalue weighted by molar-refractivity contribution is 14.1. The van der Waals surface area contributed by atoms with Crippen molar-refractivity contribution < 1.29 is 9.90 Å². The van der Waals surface area contributed by atoms with Crippen LogP contribution in [0.2, 0.25) is 5.02 Å². The smallest absolute Gasteiger partial charge is 0.315 e. The Morgan fingerprint density at radius 1 is 1.46 bits per heavy atom. The summed E-state index contributed by atoms with van der Waals surface area (Å²) >= 11 is 8.31. The van der Waals surface area contributed by atoms with Crippen LogP contribution in [0, 0.1) is 3.57 Å². The van der Waals surface area contributed by atoms with Crippen LogP contribution in [-0.2, 0) is 19.5 Å². The molecule has 0 radical (unpaired) electrons. The number of nitrogens with zero attached hydrogens (tertiary/aromatic N) is 3. The van der Waals surface area contributed by atoms with Crippen LogP contribution in [-0.4, -0.2) is 39.0 Å². The Labute approximate surface area is 158 Å². The molecule has 0 saturated heterocycles. The third kappa shape index (κ3) is 3.38. The van der Waals surface area contributed by atoms with Gasteiger partial charge in [-0.2, -0.15) is 5.10 Å². The number of amides is 2. The number of aliphatic hydroxyl groups is 1. The molecule has 2 amide bonds. The number of hydrogen-bond donors (Lipinski definition) is 2. The first kappa shape index (κ1) is 17.5. The largest absolute Gasteiger partial charge is 0.396 e. The number of urea groups is 1. The zero-order valence-corrected chi connectivity index (χ0v) is 15.9. The molecule has 0 bridgehead atoms. The van der Waals surface area contributed by atoms with E-state index in [0.717, 1.165) is 26.1 Å². The molecule has 3 rings (SSSR count). The number of carbonyl (C=O) groups is 1. The van der Waals surface area contributed by atoms with Gasteiger partial charge in [-0.1, -0.05) is 17.7 Å². The van der Waals surface area contributed by atoms with Gasteiger partial charge >= 0.3 is 6.03 Å². The fourth-order valence-corrected chi connectivity index (χ4v) is 3.59. The number of hydrogen-bond acceptors (Lipinski definition) is 3. The molecule has 2 aromatic rings. The van der Waals surface area contributed by atoms with Crippen LogP contribution in [0.25, 0.3) is 11.3 Å². The van der Waals surface area contributed by atoms with Crippen molar-refractivity contribution in [3.8, 4) is 11.3 Å². The molecule has 24 heavy (non-hydrogen) atoms. The van der Waals surface area contributed by atoms with E-state index in [1.54, 1.807) is 4.90 Å². The Kier molecular flexibility index (Phi) is 5.31. The lowest BCUT2D eigenvalue weighted by Crippen LogP contribution is -2.39. The molecule has 0 fully saturated rings. The Morgan fingerprint density at radius 2 is 2.25 bits per heavy atom. The molecule has 3 N–H and O–H groups in total. The third-order valence-electron chi connectivity index (χ3n) is 4.17. The molecule has 6 nitrogen and oxygen atoms in total. The number of halogens is 2. The number of benzene rings is 1. The standard InChI is InChI=1S/C16H18ClIN4O2/c17-12-3-2-10(8-13(12)18)15-11-9-21(16(19)24)6-4-14(11)22(20-15)5-1-7-23/h2-3,8,23H,1,4-7,9H2,(H2,19,24). The van der Waals surface area contributed by atoms with Crippen LogP contribution in [0.4, 0.5) is 4.79 Å². The summed E-state index contributed by atoms with van der Waals surface area (Å²) in [6, 6.07) is 5.37. The number of aromatic nitrogens is 2. The van der Waals surface area contributed by atoms with Crippen LogP contribution < -0.4 is 5.73 Å². The number of nitrogens with two attached hydrogens (primary N) is 1. The molecular formula is C16H18ClIN4O2. The number of primary amides is 1. The first-order valence-electron chi connectivity index (χ1n) is 7.70. The van der Waals surface area contributed by atoms with E-state index in [1.807, 2.05) is 22.9 Å². The van der Waals surface area contributed by atoms with Crippen LogP contribution in [0.5, 0.6) is 0 Å². The van der Waals surface area contributed by atoms with Crippen molar-refractivity contribution in [1.82, 2.24) is 14.7 Å². The van der Waals surface area contributed by atoms with Crippen molar-refractivity contribution in [1.29, 1.82) is 0 Å². The van der Waals surface area contributed by atoms with E-state index in [-0.39, 0.29) is 6.61 Å². The van der Waals surface area contributed by atoms with E-state index in [2.05, 4.69) is 22.6 Å². The minimum atomic E-state index is -0.416. The van der Waals surface area contributed by atoms with Crippen molar-refractivity contribution in [3.05, 3.63) is 38.0 Å². The second kappa shape index (κ2) is 7.28. The first-order chi connectivity index (χ1) is 11.5. The van der Waals surface area contributed by atoms with Gasteiger partial charge < -0.3 is 15.7 Å². The molecule has 0 aliphatic carbocycles. The molecule has 0 atom stereocenters. The second-order valence-corrected chi connectivity index (χ2v) is 7.28. The molecule has 2 heterocycles. The van der Waals surface area contributed by atoms with E-state index in [0.29, 0.717) is 37.5 Å². The van der Waals surface area contributed by atoms with Gasteiger partial charge in [0.2, 0.25) is 0 Å². The monoisotopic (exact) mass is 460 g/mol. The van der Waals surface area contributed by atoms with Gasteiger partial charge in [-0.15, -0.1) is 0 Å². The summed E-state index contributed by atoms with van der Waals surface area (Å²) in [4.78, 5) is 13.2. The zero-order valence-electron chi connectivity index (χ0n) is 13.0. The van der Waals surface area contributed by atoms with E-state index in [4.69, 9.17) is 27.5 Å². The summed E-state index contributed by atoms with van der Waals surface area (Å²) in [6.45, 7) is 1.82. The number of carbonyl (C=O) groups excluding carboxylic acids is 1. The average Bonchev–Trinajstić information content (AvgIpc) is 2.93.